The van der Waals surface area contributed by atoms with E-state index in [0.717, 1.165) is 58.1 Å². The molecule has 0 saturated carbocycles. The van der Waals surface area contributed by atoms with Gasteiger partial charge in [0, 0.05) is 51.8 Å². The topological polar surface area (TPSA) is 49.3 Å². The lowest BCUT2D eigenvalue weighted by Gasteiger charge is -2.25. The second-order valence-electron chi connectivity index (χ2n) is 7.94. The molecule has 0 spiro atoms. The number of rotatable bonds is 12. The molecule has 1 fully saturated rings. The monoisotopic (exact) mass is 404 g/mol. The lowest BCUT2D eigenvalue weighted by Crippen LogP contribution is -2.40. The first-order valence-electron chi connectivity index (χ1n) is 11.0. The summed E-state index contributed by atoms with van der Waals surface area (Å²) in [5.41, 5.74) is 1.36. The zero-order valence-electron chi connectivity index (χ0n) is 18.8. The fourth-order valence-corrected chi connectivity index (χ4v) is 3.58. The Bertz CT molecular complexity index is 582. The first-order valence-corrected chi connectivity index (χ1v) is 11.0. The SMILES string of the molecule is CCNC(=NCCC(C)N(C)Cc1ccccc1)N1CCC(COCCOC)C1. The predicted molar refractivity (Wildman–Crippen MR) is 120 cm³/mol. The molecule has 1 N–H and O–H groups in total. The van der Waals surface area contributed by atoms with Crippen LogP contribution in [-0.2, 0) is 16.0 Å². The number of methoxy groups -OCH3 is 1. The van der Waals surface area contributed by atoms with E-state index in [4.69, 9.17) is 14.5 Å². The summed E-state index contributed by atoms with van der Waals surface area (Å²) in [5.74, 6) is 1.62. The van der Waals surface area contributed by atoms with Crippen LogP contribution in [0.5, 0.6) is 0 Å². The summed E-state index contributed by atoms with van der Waals surface area (Å²) in [7, 11) is 3.90. The number of benzene rings is 1. The third-order valence-corrected chi connectivity index (χ3v) is 5.54. The molecule has 6 heteroatoms. The first kappa shape index (κ1) is 23.6. The number of nitrogens with one attached hydrogen (secondary N) is 1. The van der Waals surface area contributed by atoms with E-state index < -0.39 is 0 Å². The zero-order chi connectivity index (χ0) is 20.9. The number of hydrogen-bond acceptors (Lipinski definition) is 4. The Kier molecular flexibility index (Phi) is 11.1. The van der Waals surface area contributed by atoms with Gasteiger partial charge < -0.3 is 19.7 Å². The normalized spacial score (nSPS) is 18.4. The molecule has 0 aromatic heterocycles. The van der Waals surface area contributed by atoms with Gasteiger partial charge in [0.25, 0.3) is 0 Å². The minimum absolute atomic E-state index is 0.488. The molecule has 6 nitrogen and oxygen atoms in total. The third-order valence-electron chi connectivity index (χ3n) is 5.54. The molecule has 1 aliphatic heterocycles. The lowest BCUT2D eigenvalue weighted by molar-refractivity contribution is 0.0536. The summed E-state index contributed by atoms with van der Waals surface area (Å²) in [6.07, 6.45) is 2.21. The van der Waals surface area contributed by atoms with E-state index in [1.54, 1.807) is 7.11 Å². The Labute approximate surface area is 177 Å². The fourth-order valence-electron chi connectivity index (χ4n) is 3.58. The van der Waals surface area contributed by atoms with Crippen molar-refractivity contribution in [3.63, 3.8) is 0 Å². The van der Waals surface area contributed by atoms with E-state index in [-0.39, 0.29) is 0 Å². The summed E-state index contributed by atoms with van der Waals surface area (Å²) in [6.45, 7) is 11.3. The number of nitrogens with zero attached hydrogens (tertiary/aromatic N) is 3. The highest BCUT2D eigenvalue weighted by Crippen LogP contribution is 2.17. The quantitative estimate of drug-likeness (QED) is 0.330. The maximum absolute atomic E-state index is 5.72. The van der Waals surface area contributed by atoms with Gasteiger partial charge in [0.05, 0.1) is 19.8 Å². The zero-order valence-corrected chi connectivity index (χ0v) is 18.8. The van der Waals surface area contributed by atoms with Crippen LogP contribution >= 0.6 is 0 Å². The molecule has 0 aliphatic carbocycles. The highest BCUT2D eigenvalue weighted by molar-refractivity contribution is 5.80. The minimum atomic E-state index is 0.488. The smallest absolute Gasteiger partial charge is 0.193 e. The van der Waals surface area contributed by atoms with Crippen LogP contribution in [0.15, 0.2) is 35.3 Å². The van der Waals surface area contributed by atoms with E-state index in [1.807, 2.05) is 0 Å². The van der Waals surface area contributed by atoms with Crippen molar-refractivity contribution < 1.29 is 9.47 Å². The maximum Gasteiger partial charge on any atom is 0.193 e. The van der Waals surface area contributed by atoms with Crippen LogP contribution in [0.2, 0.25) is 0 Å². The number of aliphatic imine (C=N–C) groups is 1. The van der Waals surface area contributed by atoms with Crippen molar-refractivity contribution in [2.24, 2.45) is 10.9 Å². The second-order valence-corrected chi connectivity index (χ2v) is 7.94. The van der Waals surface area contributed by atoms with Crippen molar-refractivity contribution in [1.82, 2.24) is 15.1 Å². The molecule has 1 aromatic carbocycles. The first-order chi connectivity index (χ1) is 14.1. The van der Waals surface area contributed by atoms with Gasteiger partial charge in [0.2, 0.25) is 0 Å². The van der Waals surface area contributed by atoms with E-state index in [2.05, 4.69) is 66.3 Å². The Balaban J connectivity index is 1.76. The molecule has 1 aromatic rings. The van der Waals surface area contributed by atoms with Gasteiger partial charge in [-0.25, -0.2) is 0 Å². The lowest BCUT2D eigenvalue weighted by atomic mass is 10.1. The predicted octanol–water partition coefficient (Wildman–Crippen LogP) is 2.85. The molecule has 2 rings (SSSR count). The molecule has 0 radical (unpaired) electrons. The number of ether oxygens (including phenoxy) is 2. The van der Waals surface area contributed by atoms with E-state index in [0.29, 0.717) is 25.2 Å². The summed E-state index contributed by atoms with van der Waals surface area (Å²) in [5, 5.41) is 3.47. The summed E-state index contributed by atoms with van der Waals surface area (Å²) in [6, 6.07) is 11.1. The van der Waals surface area contributed by atoms with E-state index in [9.17, 15) is 0 Å². The number of hydrogen-bond donors (Lipinski definition) is 1. The van der Waals surface area contributed by atoms with Gasteiger partial charge in [-0.3, -0.25) is 9.89 Å². The van der Waals surface area contributed by atoms with Crippen LogP contribution < -0.4 is 5.32 Å². The molecule has 0 amide bonds. The van der Waals surface area contributed by atoms with Gasteiger partial charge in [0.1, 0.15) is 0 Å². The fraction of sp³-hybridized carbons (Fsp3) is 0.696. The van der Waals surface area contributed by atoms with Crippen molar-refractivity contribution in [1.29, 1.82) is 0 Å². The summed E-state index contributed by atoms with van der Waals surface area (Å²) < 4.78 is 10.8. The Morgan fingerprint density at radius 1 is 1.31 bits per heavy atom. The summed E-state index contributed by atoms with van der Waals surface area (Å²) >= 11 is 0. The van der Waals surface area contributed by atoms with Crippen molar-refractivity contribution in [2.45, 2.75) is 39.3 Å². The van der Waals surface area contributed by atoms with Crippen LogP contribution in [0.4, 0.5) is 0 Å². The summed E-state index contributed by atoms with van der Waals surface area (Å²) in [4.78, 5) is 9.70. The Morgan fingerprint density at radius 3 is 2.83 bits per heavy atom. The molecule has 0 bridgehead atoms. The molecule has 1 saturated heterocycles. The van der Waals surface area contributed by atoms with Crippen molar-refractivity contribution in [3.8, 4) is 0 Å². The van der Waals surface area contributed by atoms with Crippen LogP contribution in [0, 0.1) is 5.92 Å². The van der Waals surface area contributed by atoms with Crippen LogP contribution in [0.1, 0.15) is 32.3 Å². The molecule has 1 heterocycles. The molecule has 164 valence electrons. The van der Waals surface area contributed by atoms with Gasteiger partial charge in [-0.2, -0.15) is 0 Å². The van der Waals surface area contributed by atoms with Crippen molar-refractivity contribution in [3.05, 3.63) is 35.9 Å². The van der Waals surface area contributed by atoms with Crippen LogP contribution in [0.25, 0.3) is 0 Å². The van der Waals surface area contributed by atoms with Gasteiger partial charge >= 0.3 is 0 Å². The molecule has 1 aliphatic rings. The van der Waals surface area contributed by atoms with Crippen LogP contribution in [0.3, 0.4) is 0 Å². The maximum atomic E-state index is 5.72. The molecular formula is C23H40N4O2. The Hall–Kier alpha value is -1.63. The minimum Gasteiger partial charge on any atom is -0.382 e. The van der Waals surface area contributed by atoms with E-state index in [1.165, 1.54) is 5.56 Å². The van der Waals surface area contributed by atoms with Gasteiger partial charge in [-0.15, -0.1) is 0 Å². The third kappa shape index (κ3) is 8.72. The molecule has 2 atom stereocenters. The van der Waals surface area contributed by atoms with Crippen LogP contribution in [-0.4, -0.2) is 82.0 Å². The highest BCUT2D eigenvalue weighted by Gasteiger charge is 2.25. The molecule has 29 heavy (non-hydrogen) atoms. The molecular weight excluding hydrogens is 364 g/mol. The largest absolute Gasteiger partial charge is 0.382 e. The highest BCUT2D eigenvalue weighted by atomic mass is 16.5. The van der Waals surface area contributed by atoms with Gasteiger partial charge in [0.15, 0.2) is 5.96 Å². The standard InChI is InChI=1S/C23H40N4O2/c1-5-24-23(27-14-12-22(18-27)19-29-16-15-28-4)25-13-11-20(2)26(3)17-21-9-7-6-8-10-21/h6-10,20,22H,5,11-19H2,1-4H3,(H,24,25). The van der Waals surface area contributed by atoms with E-state index >= 15 is 0 Å². The van der Waals surface area contributed by atoms with Crippen molar-refractivity contribution in [2.75, 3.05) is 60.2 Å². The van der Waals surface area contributed by atoms with Gasteiger partial charge in [-0.1, -0.05) is 30.3 Å². The van der Waals surface area contributed by atoms with Gasteiger partial charge in [-0.05, 0) is 39.3 Å². The second kappa shape index (κ2) is 13.6. The average molecular weight is 405 g/mol. The molecule has 2 unspecified atom stereocenters. The average Bonchev–Trinajstić information content (AvgIpc) is 3.20. The van der Waals surface area contributed by atoms with Crippen molar-refractivity contribution >= 4 is 5.96 Å². The Morgan fingerprint density at radius 2 is 2.10 bits per heavy atom. The number of guanidine groups is 1. The number of likely N-dealkylation sites (tertiary alicyclic amines) is 1.